The molecule has 2 rings (SSSR count). The van der Waals surface area contributed by atoms with E-state index in [1.54, 1.807) is 6.07 Å². The summed E-state index contributed by atoms with van der Waals surface area (Å²) in [5.41, 5.74) is 6.02. The van der Waals surface area contributed by atoms with Gasteiger partial charge in [0.25, 0.3) is 11.8 Å². The second kappa shape index (κ2) is 5.40. The van der Waals surface area contributed by atoms with Crippen LogP contribution in [0.4, 0.5) is 5.69 Å². The quantitative estimate of drug-likeness (QED) is 0.720. The molecule has 1 aliphatic heterocycles. The molecule has 1 saturated heterocycles. The highest BCUT2D eigenvalue weighted by Gasteiger charge is 2.34. The molecule has 0 radical (unpaired) electrons. The molecule has 3 N–H and O–H groups in total. The Morgan fingerprint density at radius 1 is 1.32 bits per heavy atom. The van der Waals surface area contributed by atoms with Crippen molar-refractivity contribution in [1.82, 2.24) is 10.9 Å². The van der Waals surface area contributed by atoms with Crippen LogP contribution in [0.2, 0.25) is 0 Å². The number of nitrogens with one attached hydrogen (secondary N) is 3. The van der Waals surface area contributed by atoms with Gasteiger partial charge in [-0.3, -0.25) is 25.2 Å². The van der Waals surface area contributed by atoms with Gasteiger partial charge in [-0.2, -0.15) is 0 Å². The van der Waals surface area contributed by atoms with Crippen LogP contribution >= 0.6 is 15.9 Å². The molecule has 100 valence electrons. The van der Waals surface area contributed by atoms with Gasteiger partial charge in [0.05, 0.1) is 5.69 Å². The smallest absolute Gasteiger partial charge is 0.251 e. The van der Waals surface area contributed by atoms with Crippen LogP contribution in [0.1, 0.15) is 12.0 Å². The summed E-state index contributed by atoms with van der Waals surface area (Å²) >= 11 is 3.34. The first-order valence-corrected chi connectivity index (χ1v) is 6.42. The van der Waals surface area contributed by atoms with Crippen LogP contribution in [0.5, 0.6) is 0 Å². The summed E-state index contributed by atoms with van der Waals surface area (Å²) < 4.78 is 0.751. The van der Waals surface area contributed by atoms with Gasteiger partial charge in [-0.25, -0.2) is 0 Å². The van der Waals surface area contributed by atoms with Crippen LogP contribution in [0.3, 0.4) is 0 Å². The topological polar surface area (TPSA) is 87.3 Å². The Hall–Kier alpha value is -1.89. The Morgan fingerprint density at radius 2 is 1.95 bits per heavy atom. The Bertz CT molecular complexity index is 543. The molecule has 0 unspecified atom stereocenters. The van der Waals surface area contributed by atoms with E-state index in [0.29, 0.717) is 5.69 Å². The number of rotatable bonds is 3. The van der Waals surface area contributed by atoms with E-state index < -0.39 is 17.7 Å². The summed E-state index contributed by atoms with van der Waals surface area (Å²) in [5, 5.41) is 2.66. The zero-order valence-electron chi connectivity index (χ0n) is 10.1. The molecule has 3 amide bonds. The summed E-state index contributed by atoms with van der Waals surface area (Å²) in [6.07, 6.45) is -0.183. The van der Waals surface area contributed by atoms with Gasteiger partial charge in [0.15, 0.2) is 0 Å². The second-order valence-electron chi connectivity index (χ2n) is 4.27. The number of halogens is 1. The molecule has 19 heavy (non-hydrogen) atoms. The fourth-order valence-electron chi connectivity index (χ4n) is 1.71. The molecule has 0 saturated carbocycles. The molecule has 0 bridgehead atoms. The molecular formula is C12H12BrN3O3. The van der Waals surface area contributed by atoms with E-state index in [4.69, 9.17) is 0 Å². The molecule has 1 aliphatic rings. The van der Waals surface area contributed by atoms with Crippen molar-refractivity contribution < 1.29 is 14.4 Å². The monoisotopic (exact) mass is 325 g/mol. The molecule has 0 spiro atoms. The first kappa shape index (κ1) is 13.5. The lowest BCUT2D eigenvalue weighted by molar-refractivity contribution is -0.131. The van der Waals surface area contributed by atoms with Gasteiger partial charge in [-0.05, 0) is 40.5 Å². The lowest BCUT2D eigenvalue weighted by Gasteiger charge is -2.09. The number of hydrazine groups is 1. The zero-order valence-corrected chi connectivity index (χ0v) is 11.7. The van der Waals surface area contributed by atoms with Crippen LogP contribution in [0.15, 0.2) is 22.7 Å². The van der Waals surface area contributed by atoms with Gasteiger partial charge in [-0.15, -0.1) is 0 Å². The van der Waals surface area contributed by atoms with Crippen molar-refractivity contribution in [2.45, 2.75) is 13.3 Å². The number of aryl methyl sites for hydroxylation is 1. The minimum Gasteiger partial charge on any atom is -0.325 e. The van der Waals surface area contributed by atoms with E-state index >= 15 is 0 Å². The Balaban J connectivity index is 2.01. The maximum absolute atomic E-state index is 11.8. The first-order chi connectivity index (χ1) is 8.97. The van der Waals surface area contributed by atoms with Gasteiger partial charge in [0, 0.05) is 10.9 Å². The average Bonchev–Trinajstić information content (AvgIpc) is 2.65. The predicted octanol–water partition coefficient (Wildman–Crippen LogP) is 0.863. The largest absolute Gasteiger partial charge is 0.325 e. The molecule has 0 aromatic heterocycles. The molecular weight excluding hydrogens is 314 g/mol. The normalized spacial score (nSPS) is 15.1. The number of amides is 3. The predicted molar refractivity (Wildman–Crippen MR) is 71.9 cm³/mol. The average molecular weight is 326 g/mol. The Morgan fingerprint density at radius 3 is 2.53 bits per heavy atom. The number of carbonyl (C=O) groups excluding carboxylic acids is 3. The third-order valence-corrected chi connectivity index (χ3v) is 3.39. The summed E-state index contributed by atoms with van der Waals surface area (Å²) in [4.78, 5) is 34.4. The third kappa shape index (κ3) is 3.11. The van der Waals surface area contributed by atoms with Crippen molar-refractivity contribution in [2.75, 3.05) is 5.32 Å². The summed E-state index contributed by atoms with van der Waals surface area (Å²) in [6, 6.07) is 5.48. The van der Waals surface area contributed by atoms with Gasteiger partial charge >= 0.3 is 0 Å². The SMILES string of the molecule is Cc1ccc(NC(=O)CC2C(=O)NNC2=O)c(Br)c1. The fourth-order valence-corrected chi connectivity index (χ4v) is 2.30. The van der Waals surface area contributed by atoms with Gasteiger partial charge in [0.1, 0.15) is 5.92 Å². The van der Waals surface area contributed by atoms with Crippen molar-refractivity contribution in [2.24, 2.45) is 5.92 Å². The van der Waals surface area contributed by atoms with E-state index in [1.165, 1.54) is 0 Å². The number of hydrogen-bond acceptors (Lipinski definition) is 3. The standard InChI is InChI=1S/C12H12BrN3O3/c1-6-2-3-9(8(13)4-6)14-10(17)5-7-11(18)15-16-12(7)19/h2-4,7H,5H2,1H3,(H,14,17)(H,15,18)(H,16,19). The summed E-state index contributed by atoms with van der Waals surface area (Å²) in [6.45, 7) is 1.93. The van der Waals surface area contributed by atoms with E-state index in [1.807, 2.05) is 19.1 Å². The molecule has 1 aromatic carbocycles. The first-order valence-electron chi connectivity index (χ1n) is 5.63. The highest BCUT2D eigenvalue weighted by Crippen LogP contribution is 2.23. The Kier molecular flexibility index (Phi) is 3.84. The van der Waals surface area contributed by atoms with E-state index in [0.717, 1.165) is 10.0 Å². The molecule has 0 atom stereocenters. The number of anilines is 1. The molecule has 1 fully saturated rings. The zero-order chi connectivity index (χ0) is 14.0. The lowest BCUT2D eigenvalue weighted by atomic mass is 10.1. The second-order valence-corrected chi connectivity index (χ2v) is 5.12. The minimum absolute atomic E-state index is 0.183. The highest BCUT2D eigenvalue weighted by molar-refractivity contribution is 9.10. The van der Waals surface area contributed by atoms with Crippen molar-refractivity contribution in [3.8, 4) is 0 Å². The minimum atomic E-state index is -0.968. The lowest BCUT2D eigenvalue weighted by Crippen LogP contribution is -2.28. The van der Waals surface area contributed by atoms with Crippen molar-refractivity contribution >= 4 is 39.3 Å². The number of hydrogen-bond donors (Lipinski definition) is 3. The molecule has 6 nitrogen and oxygen atoms in total. The van der Waals surface area contributed by atoms with Crippen LogP contribution in [-0.2, 0) is 14.4 Å². The van der Waals surface area contributed by atoms with E-state index in [9.17, 15) is 14.4 Å². The maximum Gasteiger partial charge on any atom is 0.251 e. The number of carbonyl (C=O) groups is 3. The van der Waals surface area contributed by atoms with E-state index in [2.05, 4.69) is 32.1 Å². The van der Waals surface area contributed by atoms with Crippen molar-refractivity contribution in [3.63, 3.8) is 0 Å². The summed E-state index contributed by atoms with van der Waals surface area (Å²) in [7, 11) is 0. The van der Waals surface area contributed by atoms with Gasteiger partial charge < -0.3 is 5.32 Å². The van der Waals surface area contributed by atoms with Gasteiger partial charge in [0.2, 0.25) is 5.91 Å². The van der Waals surface area contributed by atoms with Crippen molar-refractivity contribution in [1.29, 1.82) is 0 Å². The highest BCUT2D eigenvalue weighted by atomic mass is 79.9. The molecule has 0 aliphatic carbocycles. The molecule has 1 heterocycles. The van der Waals surface area contributed by atoms with E-state index in [-0.39, 0.29) is 12.3 Å². The molecule has 1 aromatic rings. The fraction of sp³-hybridized carbons (Fsp3) is 0.250. The summed E-state index contributed by atoms with van der Waals surface area (Å²) in [5.74, 6) is -2.32. The maximum atomic E-state index is 11.8. The number of benzene rings is 1. The van der Waals surface area contributed by atoms with Crippen LogP contribution < -0.4 is 16.2 Å². The Labute approximate surface area is 118 Å². The van der Waals surface area contributed by atoms with Crippen LogP contribution in [-0.4, -0.2) is 17.7 Å². The molecule has 7 heteroatoms. The third-order valence-electron chi connectivity index (χ3n) is 2.73. The van der Waals surface area contributed by atoms with Gasteiger partial charge in [-0.1, -0.05) is 6.07 Å². The van der Waals surface area contributed by atoms with Crippen LogP contribution in [0.25, 0.3) is 0 Å². The van der Waals surface area contributed by atoms with Crippen molar-refractivity contribution in [3.05, 3.63) is 28.2 Å². The van der Waals surface area contributed by atoms with Crippen LogP contribution in [0, 0.1) is 12.8 Å².